The Morgan fingerprint density at radius 3 is 2.26 bits per heavy atom. The van der Waals surface area contributed by atoms with E-state index in [1.165, 1.54) is 0 Å². The van der Waals surface area contributed by atoms with Crippen molar-refractivity contribution in [1.82, 2.24) is 4.31 Å². The zero-order valence-corrected chi connectivity index (χ0v) is 15.3. The van der Waals surface area contributed by atoms with Gasteiger partial charge in [0.15, 0.2) is 0 Å². The molecule has 3 rings (SSSR count). The molecule has 122 valence electrons. The number of halogens is 1. The minimum absolute atomic E-state index is 0.136. The highest BCUT2D eigenvalue weighted by molar-refractivity contribution is 9.10. The predicted octanol–water partition coefficient (Wildman–Crippen LogP) is 3.35. The van der Waals surface area contributed by atoms with Gasteiger partial charge in [-0.1, -0.05) is 34.1 Å². The molecule has 4 nitrogen and oxygen atoms in total. The monoisotopic (exact) mass is 394 g/mol. The number of anilines is 1. The largest absolute Gasteiger partial charge is 0.366 e. The summed E-state index contributed by atoms with van der Waals surface area (Å²) in [6.45, 7) is 3.75. The molecule has 1 fully saturated rings. The molecule has 0 bridgehead atoms. The van der Waals surface area contributed by atoms with Gasteiger partial charge < -0.3 is 4.90 Å². The van der Waals surface area contributed by atoms with E-state index >= 15 is 0 Å². The maximum atomic E-state index is 12.8. The van der Waals surface area contributed by atoms with Gasteiger partial charge in [0.05, 0.1) is 4.90 Å². The Morgan fingerprint density at radius 2 is 1.65 bits per heavy atom. The lowest BCUT2D eigenvalue weighted by Crippen LogP contribution is -2.53. The van der Waals surface area contributed by atoms with Crippen LogP contribution in [-0.2, 0) is 10.0 Å². The van der Waals surface area contributed by atoms with Crippen molar-refractivity contribution in [3.8, 4) is 0 Å². The van der Waals surface area contributed by atoms with Gasteiger partial charge in [0.25, 0.3) is 0 Å². The van der Waals surface area contributed by atoms with Crippen LogP contribution in [0.15, 0.2) is 64.0 Å². The zero-order chi connectivity index (χ0) is 16.4. The lowest BCUT2D eigenvalue weighted by atomic mass is 10.2. The van der Waals surface area contributed by atoms with Crippen LogP contribution in [0, 0.1) is 0 Å². The van der Waals surface area contributed by atoms with E-state index in [0.29, 0.717) is 24.5 Å². The van der Waals surface area contributed by atoms with Crippen molar-refractivity contribution in [3.63, 3.8) is 0 Å². The first-order chi connectivity index (χ1) is 11.0. The van der Waals surface area contributed by atoms with Crippen LogP contribution in [0.5, 0.6) is 0 Å². The fourth-order valence-electron chi connectivity index (χ4n) is 2.90. The molecule has 1 unspecified atom stereocenters. The second-order valence-electron chi connectivity index (χ2n) is 5.69. The van der Waals surface area contributed by atoms with Crippen molar-refractivity contribution < 1.29 is 8.42 Å². The van der Waals surface area contributed by atoms with Crippen LogP contribution < -0.4 is 4.90 Å². The second-order valence-corrected chi connectivity index (χ2v) is 8.55. The summed E-state index contributed by atoms with van der Waals surface area (Å²) >= 11 is 3.34. The molecule has 0 radical (unpaired) electrons. The molecule has 0 amide bonds. The molecule has 0 N–H and O–H groups in total. The van der Waals surface area contributed by atoms with Crippen molar-refractivity contribution in [2.75, 3.05) is 24.5 Å². The third-order valence-corrected chi connectivity index (χ3v) is 6.54. The number of nitrogens with zero attached hydrogens (tertiary/aromatic N) is 2. The highest BCUT2D eigenvalue weighted by Crippen LogP contribution is 2.25. The average molecular weight is 395 g/mol. The molecule has 6 heteroatoms. The van der Waals surface area contributed by atoms with Gasteiger partial charge in [-0.15, -0.1) is 0 Å². The molecule has 0 spiro atoms. The van der Waals surface area contributed by atoms with Crippen LogP contribution in [0.2, 0.25) is 0 Å². The number of piperazine rings is 1. The van der Waals surface area contributed by atoms with Gasteiger partial charge in [-0.2, -0.15) is 4.31 Å². The molecule has 23 heavy (non-hydrogen) atoms. The minimum atomic E-state index is -3.43. The quantitative estimate of drug-likeness (QED) is 0.801. The summed E-state index contributed by atoms with van der Waals surface area (Å²) in [5, 5.41) is 0. The molecule has 1 heterocycles. The number of hydrogen-bond acceptors (Lipinski definition) is 3. The van der Waals surface area contributed by atoms with E-state index in [1.807, 2.05) is 18.2 Å². The molecule has 2 aromatic carbocycles. The van der Waals surface area contributed by atoms with Gasteiger partial charge in [-0.05, 0) is 43.3 Å². The van der Waals surface area contributed by atoms with E-state index in [4.69, 9.17) is 0 Å². The number of sulfonamides is 1. The summed E-state index contributed by atoms with van der Waals surface area (Å²) in [6, 6.07) is 17.1. The van der Waals surface area contributed by atoms with Gasteiger partial charge in [0.2, 0.25) is 10.0 Å². The van der Waals surface area contributed by atoms with Gasteiger partial charge in [0.1, 0.15) is 0 Å². The summed E-state index contributed by atoms with van der Waals surface area (Å²) in [4.78, 5) is 2.61. The summed E-state index contributed by atoms with van der Waals surface area (Å²) in [7, 11) is -3.43. The Labute approximate surface area is 145 Å². The fraction of sp³-hybridized carbons (Fsp3) is 0.294. The smallest absolute Gasteiger partial charge is 0.243 e. The van der Waals surface area contributed by atoms with Crippen LogP contribution in [-0.4, -0.2) is 38.4 Å². The molecule has 1 saturated heterocycles. The van der Waals surface area contributed by atoms with Crippen molar-refractivity contribution >= 4 is 31.6 Å². The maximum absolute atomic E-state index is 12.8. The topological polar surface area (TPSA) is 40.6 Å². The maximum Gasteiger partial charge on any atom is 0.243 e. The van der Waals surface area contributed by atoms with Crippen LogP contribution in [0.4, 0.5) is 5.69 Å². The third kappa shape index (κ3) is 3.44. The Balaban J connectivity index is 1.78. The first-order valence-corrected chi connectivity index (χ1v) is 9.79. The van der Waals surface area contributed by atoms with E-state index in [0.717, 1.165) is 10.2 Å². The van der Waals surface area contributed by atoms with Crippen LogP contribution in [0.3, 0.4) is 0 Å². The SMILES string of the molecule is CC1CN(S(=O)(=O)c2ccc(Br)cc2)CCN1c1ccccc1. The predicted molar refractivity (Wildman–Crippen MR) is 96.2 cm³/mol. The average Bonchev–Trinajstić information content (AvgIpc) is 2.56. The molecular weight excluding hydrogens is 376 g/mol. The Morgan fingerprint density at radius 1 is 1.00 bits per heavy atom. The van der Waals surface area contributed by atoms with E-state index in [2.05, 4.69) is 39.9 Å². The molecule has 1 aliphatic rings. The fourth-order valence-corrected chi connectivity index (χ4v) is 4.68. The molecule has 0 saturated carbocycles. The van der Waals surface area contributed by atoms with Crippen LogP contribution in [0.25, 0.3) is 0 Å². The Hall–Kier alpha value is -1.37. The zero-order valence-electron chi connectivity index (χ0n) is 12.9. The number of rotatable bonds is 3. The summed E-state index contributed by atoms with van der Waals surface area (Å²) in [6.07, 6.45) is 0. The van der Waals surface area contributed by atoms with Crippen molar-refractivity contribution in [3.05, 3.63) is 59.1 Å². The lowest BCUT2D eigenvalue weighted by Gasteiger charge is -2.40. The van der Waals surface area contributed by atoms with E-state index in [-0.39, 0.29) is 6.04 Å². The van der Waals surface area contributed by atoms with Crippen LogP contribution in [0.1, 0.15) is 6.92 Å². The molecule has 0 aliphatic carbocycles. The van der Waals surface area contributed by atoms with Gasteiger partial charge in [-0.25, -0.2) is 8.42 Å². The highest BCUT2D eigenvalue weighted by Gasteiger charge is 2.32. The van der Waals surface area contributed by atoms with Gasteiger partial charge in [-0.3, -0.25) is 0 Å². The van der Waals surface area contributed by atoms with Gasteiger partial charge in [0, 0.05) is 35.8 Å². The standard InChI is InChI=1S/C17H19BrN2O2S/c1-14-13-19(11-12-20(14)16-5-3-2-4-6-16)23(21,22)17-9-7-15(18)8-10-17/h2-10,14H,11-13H2,1H3. The molecule has 1 atom stereocenters. The number of hydrogen-bond donors (Lipinski definition) is 0. The highest BCUT2D eigenvalue weighted by atomic mass is 79.9. The van der Waals surface area contributed by atoms with E-state index < -0.39 is 10.0 Å². The van der Waals surface area contributed by atoms with Crippen LogP contribution >= 0.6 is 15.9 Å². The third-order valence-electron chi connectivity index (χ3n) is 4.13. The summed E-state index contributed by atoms with van der Waals surface area (Å²) in [5.74, 6) is 0. The second kappa shape index (κ2) is 6.63. The molecule has 0 aromatic heterocycles. The molecule has 2 aromatic rings. The normalized spacial score (nSPS) is 19.7. The molecular formula is C17H19BrN2O2S. The first-order valence-electron chi connectivity index (χ1n) is 7.56. The molecule has 1 aliphatic heterocycles. The van der Waals surface area contributed by atoms with E-state index in [9.17, 15) is 8.42 Å². The number of para-hydroxylation sites is 1. The van der Waals surface area contributed by atoms with Crippen molar-refractivity contribution in [1.29, 1.82) is 0 Å². The summed E-state index contributed by atoms with van der Waals surface area (Å²) in [5.41, 5.74) is 1.14. The Kier molecular flexibility index (Phi) is 4.75. The Bertz CT molecular complexity index is 763. The van der Waals surface area contributed by atoms with Crippen molar-refractivity contribution in [2.45, 2.75) is 17.9 Å². The van der Waals surface area contributed by atoms with E-state index in [1.54, 1.807) is 28.6 Å². The lowest BCUT2D eigenvalue weighted by molar-refractivity contribution is 0.342. The first kappa shape index (κ1) is 16.5. The van der Waals surface area contributed by atoms with Crippen molar-refractivity contribution in [2.24, 2.45) is 0 Å². The van der Waals surface area contributed by atoms with Gasteiger partial charge >= 0.3 is 0 Å². The summed E-state index contributed by atoms with van der Waals surface area (Å²) < 4.78 is 28.0. The number of benzene rings is 2. The minimum Gasteiger partial charge on any atom is -0.366 e.